The van der Waals surface area contributed by atoms with Gasteiger partial charge in [-0.25, -0.2) is 4.79 Å². The van der Waals surface area contributed by atoms with Gasteiger partial charge in [0, 0.05) is 17.1 Å². The van der Waals surface area contributed by atoms with Gasteiger partial charge in [0.05, 0.1) is 11.7 Å². The number of nitrogens with one attached hydrogen (secondary N) is 1. The van der Waals surface area contributed by atoms with Crippen LogP contribution in [0.3, 0.4) is 0 Å². The number of carbonyl (C=O) groups is 1. The molecule has 19 heavy (non-hydrogen) atoms. The van der Waals surface area contributed by atoms with Crippen molar-refractivity contribution in [2.75, 3.05) is 5.32 Å². The van der Waals surface area contributed by atoms with Crippen molar-refractivity contribution in [1.82, 2.24) is 0 Å². The first-order chi connectivity index (χ1) is 9.15. The lowest BCUT2D eigenvalue weighted by Crippen LogP contribution is -2.11. The summed E-state index contributed by atoms with van der Waals surface area (Å²) in [7, 11) is 0. The van der Waals surface area contributed by atoms with Crippen LogP contribution >= 0.6 is 11.3 Å². The molecule has 3 nitrogen and oxygen atoms in total. The van der Waals surface area contributed by atoms with Gasteiger partial charge in [0.1, 0.15) is 0 Å². The highest BCUT2D eigenvalue weighted by atomic mass is 32.1. The molecule has 0 radical (unpaired) electrons. The third-order valence-corrected chi connectivity index (χ3v) is 3.39. The number of esters is 1. The van der Waals surface area contributed by atoms with E-state index in [2.05, 4.69) is 16.8 Å². The summed E-state index contributed by atoms with van der Waals surface area (Å²) in [5.41, 5.74) is 1.57. The van der Waals surface area contributed by atoms with E-state index in [0.717, 1.165) is 12.2 Å². The van der Waals surface area contributed by atoms with Gasteiger partial charge in [-0.3, -0.25) is 0 Å². The fourth-order valence-electron chi connectivity index (χ4n) is 1.61. The van der Waals surface area contributed by atoms with Crippen LogP contribution in [-0.2, 0) is 11.3 Å². The maximum Gasteiger partial charge on any atom is 0.338 e. The standard InChI is InChI=1S/C15H17NO2S/c1-11(2)18-15(17)12-5-7-13(8-6-12)16-10-14-4-3-9-19-14/h3-9,11,16H,10H2,1-2H3. The molecule has 0 amide bonds. The quantitative estimate of drug-likeness (QED) is 0.840. The van der Waals surface area contributed by atoms with Gasteiger partial charge in [-0.15, -0.1) is 11.3 Å². The van der Waals surface area contributed by atoms with Crippen molar-refractivity contribution in [1.29, 1.82) is 0 Å². The van der Waals surface area contributed by atoms with E-state index in [1.54, 1.807) is 23.5 Å². The number of benzene rings is 1. The molecule has 0 aliphatic heterocycles. The van der Waals surface area contributed by atoms with E-state index >= 15 is 0 Å². The molecule has 1 aromatic heterocycles. The van der Waals surface area contributed by atoms with Gasteiger partial charge in [-0.05, 0) is 49.6 Å². The van der Waals surface area contributed by atoms with Crippen LogP contribution in [0.25, 0.3) is 0 Å². The molecular formula is C15H17NO2S. The molecule has 2 rings (SSSR count). The SMILES string of the molecule is CC(C)OC(=O)c1ccc(NCc2cccs2)cc1. The van der Waals surface area contributed by atoms with Gasteiger partial charge in [-0.2, -0.15) is 0 Å². The second-order valence-electron chi connectivity index (χ2n) is 4.46. The van der Waals surface area contributed by atoms with Crippen LogP contribution in [0.5, 0.6) is 0 Å². The normalized spacial score (nSPS) is 10.5. The molecular weight excluding hydrogens is 258 g/mol. The van der Waals surface area contributed by atoms with Gasteiger partial charge in [-0.1, -0.05) is 6.07 Å². The summed E-state index contributed by atoms with van der Waals surface area (Å²) in [4.78, 5) is 13.0. The van der Waals surface area contributed by atoms with Crippen molar-refractivity contribution in [3.05, 3.63) is 52.2 Å². The number of hydrogen-bond donors (Lipinski definition) is 1. The number of ether oxygens (including phenoxy) is 1. The second kappa shape index (κ2) is 6.38. The van der Waals surface area contributed by atoms with Gasteiger partial charge >= 0.3 is 5.97 Å². The van der Waals surface area contributed by atoms with Crippen molar-refractivity contribution in [2.45, 2.75) is 26.5 Å². The molecule has 1 N–H and O–H groups in total. The first-order valence-corrected chi connectivity index (χ1v) is 7.10. The van der Waals surface area contributed by atoms with Crippen molar-refractivity contribution < 1.29 is 9.53 Å². The maximum absolute atomic E-state index is 11.7. The minimum atomic E-state index is -0.278. The Morgan fingerprint density at radius 1 is 1.26 bits per heavy atom. The number of hydrogen-bond acceptors (Lipinski definition) is 4. The molecule has 0 saturated carbocycles. The predicted molar refractivity (Wildman–Crippen MR) is 78.6 cm³/mol. The Morgan fingerprint density at radius 3 is 2.58 bits per heavy atom. The smallest absolute Gasteiger partial charge is 0.338 e. The summed E-state index contributed by atoms with van der Waals surface area (Å²) in [6.07, 6.45) is -0.0934. The number of anilines is 1. The van der Waals surface area contributed by atoms with Crippen LogP contribution in [0, 0.1) is 0 Å². The summed E-state index contributed by atoms with van der Waals surface area (Å²) in [5, 5.41) is 5.37. The Balaban J connectivity index is 1.92. The zero-order chi connectivity index (χ0) is 13.7. The fraction of sp³-hybridized carbons (Fsp3) is 0.267. The molecule has 0 atom stereocenters. The zero-order valence-electron chi connectivity index (χ0n) is 11.1. The molecule has 0 aliphatic rings. The average molecular weight is 275 g/mol. The van der Waals surface area contributed by atoms with Crippen LogP contribution in [0.2, 0.25) is 0 Å². The molecule has 0 spiro atoms. The third kappa shape index (κ3) is 4.10. The first-order valence-electron chi connectivity index (χ1n) is 6.22. The molecule has 0 unspecified atom stereocenters. The maximum atomic E-state index is 11.7. The van der Waals surface area contributed by atoms with E-state index in [1.165, 1.54) is 4.88 Å². The summed E-state index contributed by atoms with van der Waals surface area (Å²) in [5.74, 6) is -0.278. The van der Waals surface area contributed by atoms with E-state index < -0.39 is 0 Å². The van der Waals surface area contributed by atoms with E-state index in [1.807, 2.05) is 32.0 Å². The van der Waals surface area contributed by atoms with Crippen LogP contribution < -0.4 is 5.32 Å². The van der Waals surface area contributed by atoms with Crippen molar-refractivity contribution >= 4 is 23.0 Å². The Hall–Kier alpha value is -1.81. The molecule has 0 fully saturated rings. The Bertz CT molecular complexity index is 518. The summed E-state index contributed by atoms with van der Waals surface area (Å²) < 4.78 is 5.14. The highest BCUT2D eigenvalue weighted by molar-refractivity contribution is 7.09. The van der Waals surface area contributed by atoms with Crippen molar-refractivity contribution in [2.24, 2.45) is 0 Å². The van der Waals surface area contributed by atoms with E-state index in [-0.39, 0.29) is 12.1 Å². The van der Waals surface area contributed by atoms with Crippen LogP contribution in [-0.4, -0.2) is 12.1 Å². The Labute approximate surface area is 117 Å². The lowest BCUT2D eigenvalue weighted by atomic mass is 10.2. The fourth-order valence-corrected chi connectivity index (χ4v) is 2.25. The lowest BCUT2D eigenvalue weighted by molar-refractivity contribution is 0.0378. The number of carbonyl (C=O) groups excluding carboxylic acids is 1. The van der Waals surface area contributed by atoms with Crippen molar-refractivity contribution in [3.8, 4) is 0 Å². The van der Waals surface area contributed by atoms with Crippen LogP contribution in [0.4, 0.5) is 5.69 Å². The summed E-state index contributed by atoms with van der Waals surface area (Å²) in [6, 6.07) is 11.5. The Morgan fingerprint density at radius 2 is 2.00 bits per heavy atom. The monoisotopic (exact) mass is 275 g/mol. The molecule has 4 heteroatoms. The van der Waals surface area contributed by atoms with E-state index in [9.17, 15) is 4.79 Å². The second-order valence-corrected chi connectivity index (χ2v) is 5.50. The highest BCUT2D eigenvalue weighted by Crippen LogP contribution is 2.14. The summed E-state index contributed by atoms with van der Waals surface area (Å²) >= 11 is 1.72. The zero-order valence-corrected chi connectivity index (χ0v) is 11.9. The van der Waals surface area contributed by atoms with Gasteiger partial charge < -0.3 is 10.1 Å². The largest absolute Gasteiger partial charge is 0.459 e. The van der Waals surface area contributed by atoms with Crippen molar-refractivity contribution in [3.63, 3.8) is 0 Å². The first kappa shape index (κ1) is 13.6. The van der Waals surface area contributed by atoms with E-state index in [4.69, 9.17) is 4.74 Å². The molecule has 100 valence electrons. The predicted octanol–water partition coefficient (Wildman–Crippen LogP) is 3.93. The molecule has 1 heterocycles. The molecule has 0 saturated heterocycles. The molecule has 2 aromatic rings. The topological polar surface area (TPSA) is 38.3 Å². The highest BCUT2D eigenvalue weighted by Gasteiger charge is 2.08. The summed E-state index contributed by atoms with van der Waals surface area (Å²) in [6.45, 7) is 4.48. The number of thiophene rings is 1. The average Bonchev–Trinajstić information content (AvgIpc) is 2.89. The van der Waals surface area contributed by atoms with E-state index in [0.29, 0.717) is 5.56 Å². The minimum Gasteiger partial charge on any atom is -0.459 e. The molecule has 1 aromatic carbocycles. The molecule has 0 bridgehead atoms. The minimum absolute atomic E-state index is 0.0934. The third-order valence-electron chi connectivity index (χ3n) is 2.51. The molecule has 0 aliphatic carbocycles. The van der Waals surface area contributed by atoms with Crippen LogP contribution in [0.1, 0.15) is 29.1 Å². The number of rotatable bonds is 5. The van der Waals surface area contributed by atoms with Crippen LogP contribution in [0.15, 0.2) is 41.8 Å². The van der Waals surface area contributed by atoms with Gasteiger partial charge in [0.25, 0.3) is 0 Å². The van der Waals surface area contributed by atoms with Gasteiger partial charge in [0.2, 0.25) is 0 Å². The lowest BCUT2D eigenvalue weighted by Gasteiger charge is -2.09. The Kier molecular flexibility index (Phi) is 4.58. The van der Waals surface area contributed by atoms with Gasteiger partial charge in [0.15, 0.2) is 0 Å².